The highest BCUT2D eigenvalue weighted by atomic mass is 16.5. The molecule has 0 aliphatic carbocycles. The summed E-state index contributed by atoms with van der Waals surface area (Å²) in [6.45, 7) is 6.64. The van der Waals surface area contributed by atoms with Gasteiger partial charge in [-0.15, -0.1) is 0 Å². The maximum absolute atomic E-state index is 5.80. The molecule has 142 valence electrons. The highest BCUT2D eigenvalue weighted by Gasteiger charge is 2.25. The Kier molecular flexibility index (Phi) is 5.35. The van der Waals surface area contributed by atoms with E-state index >= 15 is 0 Å². The van der Waals surface area contributed by atoms with Crippen molar-refractivity contribution in [3.05, 3.63) is 59.3 Å². The molecule has 0 radical (unpaired) electrons. The van der Waals surface area contributed by atoms with Gasteiger partial charge in [0.1, 0.15) is 11.5 Å². The molecule has 1 aliphatic heterocycles. The van der Waals surface area contributed by atoms with Crippen molar-refractivity contribution in [3.8, 4) is 11.5 Å². The molecule has 0 bridgehead atoms. The smallest absolute Gasteiger partial charge is 0.120 e. The number of aromatic nitrogens is 1. The van der Waals surface area contributed by atoms with Crippen molar-refractivity contribution in [1.29, 1.82) is 0 Å². The van der Waals surface area contributed by atoms with Crippen LogP contribution in [0.15, 0.2) is 42.5 Å². The van der Waals surface area contributed by atoms with Crippen molar-refractivity contribution in [2.45, 2.75) is 39.2 Å². The van der Waals surface area contributed by atoms with Crippen molar-refractivity contribution in [3.63, 3.8) is 0 Å². The highest BCUT2D eigenvalue weighted by Crippen LogP contribution is 2.35. The summed E-state index contributed by atoms with van der Waals surface area (Å²) in [5.74, 6) is 1.89. The van der Waals surface area contributed by atoms with Crippen LogP contribution in [0.2, 0.25) is 0 Å². The number of ether oxygens (including phenoxy) is 2. The zero-order valence-electron chi connectivity index (χ0n) is 16.2. The van der Waals surface area contributed by atoms with Crippen molar-refractivity contribution in [2.75, 3.05) is 19.8 Å². The summed E-state index contributed by atoms with van der Waals surface area (Å²) in [5, 5.41) is 4.94. The molecule has 0 fully saturated rings. The van der Waals surface area contributed by atoms with E-state index in [1.165, 1.54) is 27.7 Å². The van der Waals surface area contributed by atoms with Gasteiger partial charge in [-0.1, -0.05) is 25.5 Å². The lowest BCUT2D eigenvalue weighted by Crippen LogP contribution is -2.30. The topological polar surface area (TPSA) is 46.3 Å². The molecule has 1 unspecified atom stereocenters. The van der Waals surface area contributed by atoms with Gasteiger partial charge in [0, 0.05) is 23.1 Å². The predicted molar refractivity (Wildman–Crippen MR) is 110 cm³/mol. The molecule has 0 spiro atoms. The molecule has 1 aromatic heterocycles. The fourth-order valence-electron chi connectivity index (χ4n) is 3.84. The molecular formula is C23H28N2O2. The van der Waals surface area contributed by atoms with Crippen LogP contribution in [0.25, 0.3) is 10.9 Å². The second-order valence-corrected chi connectivity index (χ2v) is 7.07. The van der Waals surface area contributed by atoms with E-state index < -0.39 is 0 Å². The lowest BCUT2D eigenvalue weighted by molar-refractivity contribution is 0.309. The first kappa shape index (κ1) is 17.9. The quantitative estimate of drug-likeness (QED) is 0.581. The first-order chi connectivity index (χ1) is 13.3. The predicted octanol–water partition coefficient (Wildman–Crippen LogP) is 4.98. The summed E-state index contributed by atoms with van der Waals surface area (Å²) in [6, 6.07) is 15.0. The zero-order chi connectivity index (χ0) is 18.6. The van der Waals surface area contributed by atoms with Gasteiger partial charge < -0.3 is 19.8 Å². The number of nitrogens with one attached hydrogen (secondary N) is 2. The van der Waals surface area contributed by atoms with Crippen LogP contribution < -0.4 is 14.8 Å². The van der Waals surface area contributed by atoms with E-state index in [9.17, 15) is 0 Å². The Bertz CT molecular complexity index is 899. The third-order valence-corrected chi connectivity index (χ3v) is 5.21. The van der Waals surface area contributed by atoms with Crippen molar-refractivity contribution in [1.82, 2.24) is 10.3 Å². The van der Waals surface area contributed by atoms with Crippen LogP contribution in [-0.4, -0.2) is 24.7 Å². The molecule has 4 nitrogen and oxygen atoms in total. The zero-order valence-corrected chi connectivity index (χ0v) is 16.2. The molecule has 0 saturated carbocycles. The normalized spacial score (nSPS) is 16.3. The fourth-order valence-corrected chi connectivity index (χ4v) is 3.84. The lowest BCUT2D eigenvalue weighted by atomic mass is 9.94. The second kappa shape index (κ2) is 8.05. The summed E-state index contributed by atoms with van der Waals surface area (Å²) in [5.41, 5.74) is 5.11. The molecule has 4 heteroatoms. The summed E-state index contributed by atoms with van der Waals surface area (Å²) in [7, 11) is 0. The van der Waals surface area contributed by atoms with Gasteiger partial charge in [0.2, 0.25) is 0 Å². The number of benzene rings is 2. The van der Waals surface area contributed by atoms with E-state index in [4.69, 9.17) is 9.47 Å². The molecule has 27 heavy (non-hydrogen) atoms. The molecule has 2 N–H and O–H groups in total. The van der Waals surface area contributed by atoms with E-state index in [0.29, 0.717) is 6.61 Å². The van der Waals surface area contributed by atoms with E-state index in [1.807, 2.05) is 13.0 Å². The van der Waals surface area contributed by atoms with Gasteiger partial charge in [-0.05, 0) is 61.2 Å². The summed E-state index contributed by atoms with van der Waals surface area (Å²) in [4.78, 5) is 3.64. The van der Waals surface area contributed by atoms with Crippen LogP contribution in [0, 0.1) is 0 Å². The number of hydrogen-bond donors (Lipinski definition) is 2. The molecule has 2 heterocycles. The van der Waals surface area contributed by atoms with Crippen LogP contribution in [0.5, 0.6) is 11.5 Å². The van der Waals surface area contributed by atoms with Gasteiger partial charge in [-0.2, -0.15) is 0 Å². The Morgan fingerprint density at radius 2 is 1.81 bits per heavy atom. The van der Waals surface area contributed by atoms with Crippen LogP contribution in [-0.2, 0) is 6.42 Å². The average molecular weight is 364 g/mol. The monoisotopic (exact) mass is 364 g/mol. The lowest BCUT2D eigenvalue weighted by Gasteiger charge is -2.25. The minimum atomic E-state index is 0.182. The number of H-pyrrole nitrogens is 1. The standard InChI is InChI=1S/C23H28N2O2/c1-3-5-14-27-17-8-6-16(7-9-17)22-23-19(12-13-24-22)20-15-18(26-4-2)10-11-21(20)25-23/h6-11,15,22,24-25H,3-5,12-14H2,1-2H3. The average Bonchev–Trinajstić information content (AvgIpc) is 3.07. The summed E-state index contributed by atoms with van der Waals surface area (Å²) >= 11 is 0. The van der Waals surface area contributed by atoms with E-state index in [0.717, 1.165) is 43.9 Å². The molecule has 1 aliphatic rings. The Balaban J connectivity index is 1.62. The highest BCUT2D eigenvalue weighted by molar-refractivity contribution is 5.86. The first-order valence-corrected chi connectivity index (χ1v) is 10.0. The summed E-state index contributed by atoms with van der Waals surface area (Å²) in [6.07, 6.45) is 3.27. The Hall–Kier alpha value is -2.46. The minimum Gasteiger partial charge on any atom is -0.494 e. The van der Waals surface area contributed by atoms with Crippen LogP contribution in [0.4, 0.5) is 0 Å². The van der Waals surface area contributed by atoms with Gasteiger partial charge in [0.15, 0.2) is 0 Å². The van der Waals surface area contributed by atoms with E-state index in [1.54, 1.807) is 0 Å². The molecule has 0 amide bonds. The molecule has 2 aromatic carbocycles. The van der Waals surface area contributed by atoms with Crippen LogP contribution in [0.3, 0.4) is 0 Å². The Labute approximate surface area is 160 Å². The maximum Gasteiger partial charge on any atom is 0.120 e. The second-order valence-electron chi connectivity index (χ2n) is 7.07. The van der Waals surface area contributed by atoms with Gasteiger partial charge in [-0.3, -0.25) is 0 Å². The maximum atomic E-state index is 5.80. The van der Waals surface area contributed by atoms with Crippen molar-refractivity contribution >= 4 is 10.9 Å². The molecule has 0 saturated heterocycles. The fraction of sp³-hybridized carbons (Fsp3) is 0.391. The molecular weight excluding hydrogens is 336 g/mol. The van der Waals surface area contributed by atoms with Gasteiger partial charge in [0.05, 0.1) is 19.3 Å². The largest absolute Gasteiger partial charge is 0.494 e. The Morgan fingerprint density at radius 3 is 2.59 bits per heavy atom. The number of hydrogen-bond acceptors (Lipinski definition) is 3. The van der Waals surface area contributed by atoms with Crippen LogP contribution in [0.1, 0.15) is 49.6 Å². The third kappa shape index (κ3) is 3.67. The van der Waals surface area contributed by atoms with E-state index in [-0.39, 0.29) is 6.04 Å². The number of rotatable bonds is 7. The van der Waals surface area contributed by atoms with Gasteiger partial charge in [0.25, 0.3) is 0 Å². The first-order valence-electron chi connectivity index (χ1n) is 10.0. The molecule has 3 aromatic rings. The number of aromatic amines is 1. The number of fused-ring (bicyclic) bond motifs is 3. The molecule has 1 atom stereocenters. The van der Waals surface area contributed by atoms with Crippen LogP contribution >= 0.6 is 0 Å². The van der Waals surface area contributed by atoms with Crippen molar-refractivity contribution < 1.29 is 9.47 Å². The third-order valence-electron chi connectivity index (χ3n) is 5.21. The minimum absolute atomic E-state index is 0.182. The van der Waals surface area contributed by atoms with Crippen molar-refractivity contribution in [2.24, 2.45) is 0 Å². The Morgan fingerprint density at radius 1 is 1.00 bits per heavy atom. The molecule has 4 rings (SSSR count). The summed E-state index contributed by atoms with van der Waals surface area (Å²) < 4.78 is 11.5. The SMILES string of the molecule is CCCCOc1ccc(C2NCCc3c2[nH]c2ccc(OCC)cc32)cc1. The van der Waals surface area contributed by atoms with E-state index in [2.05, 4.69) is 53.6 Å². The van der Waals surface area contributed by atoms with Gasteiger partial charge >= 0.3 is 0 Å². The van der Waals surface area contributed by atoms with Gasteiger partial charge in [-0.25, -0.2) is 0 Å². The number of unbranched alkanes of at least 4 members (excludes halogenated alkanes) is 1.